The summed E-state index contributed by atoms with van der Waals surface area (Å²) in [4.78, 5) is 25.8. The van der Waals surface area contributed by atoms with Gasteiger partial charge in [-0.1, -0.05) is 0 Å². The summed E-state index contributed by atoms with van der Waals surface area (Å²) in [7, 11) is 0. The Morgan fingerprint density at radius 3 is 2.74 bits per heavy atom. The Hall–Kier alpha value is -3.48. The van der Waals surface area contributed by atoms with Gasteiger partial charge >= 0.3 is 5.97 Å². The lowest BCUT2D eigenvalue weighted by Gasteiger charge is -2.00. The van der Waals surface area contributed by atoms with Gasteiger partial charge in [-0.15, -0.1) is 0 Å². The maximum atomic E-state index is 11.8. The van der Waals surface area contributed by atoms with Crippen molar-refractivity contribution in [1.82, 2.24) is 4.98 Å². The number of ether oxygens (including phenoxy) is 1. The molecular weight excluding hydrogens is 300 g/mol. The molecule has 3 rings (SSSR count). The van der Waals surface area contributed by atoms with Crippen molar-refractivity contribution in [3.63, 3.8) is 0 Å². The van der Waals surface area contributed by atoms with Gasteiger partial charge in [0.25, 0.3) is 5.69 Å². The van der Waals surface area contributed by atoms with Gasteiger partial charge in [-0.05, 0) is 35.9 Å². The Bertz CT molecular complexity index is 896. The molecule has 0 aliphatic heterocycles. The third-order valence-corrected chi connectivity index (χ3v) is 3.04. The van der Waals surface area contributed by atoms with Crippen molar-refractivity contribution in [1.29, 1.82) is 0 Å². The van der Waals surface area contributed by atoms with Crippen LogP contribution in [-0.4, -0.2) is 15.9 Å². The number of fused-ring (bicyclic) bond motifs is 1. The van der Waals surface area contributed by atoms with Crippen LogP contribution in [0.4, 0.5) is 5.69 Å². The Morgan fingerprint density at radius 2 is 2.00 bits per heavy atom. The largest absolute Gasteiger partial charge is 0.443 e. The van der Waals surface area contributed by atoms with Crippen LogP contribution in [0.25, 0.3) is 17.2 Å². The van der Waals surface area contributed by atoms with Gasteiger partial charge < -0.3 is 9.15 Å². The number of carbonyl (C=O) groups is 1. The molecule has 0 fully saturated rings. The van der Waals surface area contributed by atoms with Crippen molar-refractivity contribution in [2.24, 2.45) is 0 Å². The first kappa shape index (κ1) is 14.5. The molecule has 7 heteroatoms. The number of oxazole rings is 1. The van der Waals surface area contributed by atoms with E-state index in [1.165, 1.54) is 30.7 Å². The van der Waals surface area contributed by atoms with E-state index in [2.05, 4.69) is 4.98 Å². The summed E-state index contributed by atoms with van der Waals surface area (Å²) < 4.78 is 10.3. The molecule has 0 aliphatic rings. The number of hydrogen-bond acceptors (Lipinski definition) is 6. The third-order valence-electron chi connectivity index (χ3n) is 3.04. The summed E-state index contributed by atoms with van der Waals surface area (Å²) >= 11 is 0. The van der Waals surface area contributed by atoms with Crippen LogP contribution >= 0.6 is 0 Å². The number of benzene rings is 2. The van der Waals surface area contributed by atoms with Gasteiger partial charge in [0, 0.05) is 24.3 Å². The SMILES string of the molecule is O=C(/C=C/c1ccc([N+](=O)[O-])cc1)Oc1ccc2ocnc2c1. The van der Waals surface area contributed by atoms with Gasteiger partial charge in [0.15, 0.2) is 12.0 Å². The second kappa shape index (κ2) is 6.10. The molecule has 1 heterocycles. The highest BCUT2D eigenvalue weighted by molar-refractivity contribution is 5.89. The fourth-order valence-electron chi connectivity index (χ4n) is 1.92. The van der Waals surface area contributed by atoms with Crippen LogP contribution in [0.2, 0.25) is 0 Å². The monoisotopic (exact) mass is 310 g/mol. The summed E-state index contributed by atoms with van der Waals surface area (Å²) in [6.07, 6.45) is 4.07. The van der Waals surface area contributed by atoms with Gasteiger partial charge in [-0.2, -0.15) is 0 Å². The Balaban J connectivity index is 1.67. The van der Waals surface area contributed by atoms with Crippen molar-refractivity contribution in [3.05, 3.63) is 70.6 Å². The quantitative estimate of drug-likeness (QED) is 0.241. The van der Waals surface area contributed by atoms with Crippen LogP contribution in [-0.2, 0) is 4.79 Å². The van der Waals surface area contributed by atoms with Crippen LogP contribution in [0, 0.1) is 10.1 Å². The van der Waals surface area contributed by atoms with Gasteiger partial charge in [0.05, 0.1) is 4.92 Å². The number of aromatic nitrogens is 1. The average Bonchev–Trinajstić information content (AvgIpc) is 3.01. The van der Waals surface area contributed by atoms with E-state index in [4.69, 9.17) is 9.15 Å². The number of nitro benzene ring substituents is 1. The molecule has 0 aliphatic carbocycles. The molecule has 0 saturated heterocycles. The number of hydrogen-bond donors (Lipinski definition) is 0. The smallest absolute Gasteiger partial charge is 0.336 e. The minimum atomic E-state index is -0.564. The molecule has 23 heavy (non-hydrogen) atoms. The first-order valence-electron chi connectivity index (χ1n) is 6.59. The fraction of sp³-hybridized carbons (Fsp3) is 0. The highest BCUT2D eigenvalue weighted by Gasteiger charge is 2.05. The molecule has 1 aromatic heterocycles. The topological polar surface area (TPSA) is 95.5 Å². The molecule has 2 aromatic carbocycles. The van der Waals surface area contributed by atoms with E-state index in [0.29, 0.717) is 22.4 Å². The number of non-ortho nitro benzene ring substituents is 1. The van der Waals surface area contributed by atoms with Gasteiger partial charge in [-0.25, -0.2) is 9.78 Å². The summed E-state index contributed by atoms with van der Waals surface area (Å²) in [6.45, 7) is 0. The predicted molar refractivity (Wildman–Crippen MR) is 81.8 cm³/mol. The molecular formula is C16H10N2O5. The fourth-order valence-corrected chi connectivity index (χ4v) is 1.92. The van der Waals surface area contributed by atoms with Crippen molar-refractivity contribution in [2.45, 2.75) is 0 Å². The Labute approximate surface area is 130 Å². The summed E-state index contributed by atoms with van der Waals surface area (Å²) in [5, 5.41) is 10.6. The number of nitro groups is 1. The average molecular weight is 310 g/mol. The zero-order valence-corrected chi connectivity index (χ0v) is 11.7. The summed E-state index contributed by atoms with van der Waals surface area (Å²) in [6, 6.07) is 10.7. The lowest BCUT2D eigenvalue weighted by Crippen LogP contribution is -2.03. The molecule has 0 radical (unpaired) electrons. The molecule has 0 unspecified atom stereocenters. The molecule has 0 atom stereocenters. The molecule has 0 saturated carbocycles. The van der Waals surface area contributed by atoms with Gasteiger partial charge in [-0.3, -0.25) is 10.1 Å². The highest BCUT2D eigenvalue weighted by atomic mass is 16.6. The zero-order chi connectivity index (χ0) is 16.2. The second-order valence-corrected chi connectivity index (χ2v) is 4.58. The van der Waals surface area contributed by atoms with Crippen LogP contribution < -0.4 is 4.74 Å². The van der Waals surface area contributed by atoms with Crippen molar-refractivity contribution in [3.8, 4) is 5.75 Å². The molecule has 0 spiro atoms. The van der Waals surface area contributed by atoms with E-state index in [0.717, 1.165) is 0 Å². The first-order valence-corrected chi connectivity index (χ1v) is 6.59. The van der Waals surface area contributed by atoms with Crippen molar-refractivity contribution in [2.75, 3.05) is 0 Å². The molecule has 0 N–H and O–H groups in total. The van der Waals surface area contributed by atoms with E-state index in [1.807, 2.05) is 0 Å². The molecule has 114 valence electrons. The number of rotatable bonds is 4. The van der Waals surface area contributed by atoms with Gasteiger partial charge in [0.2, 0.25) is 0 Å². The van der Waals surface area contributed by atoms with E-state index in [1.54, 1.807) is 30.3 Å². The maximum Gasteiger partial charge on any atom is 0.336 e. The molecule has 7 nitrogen and oxygen atoms in total. The van der Waals surface area contributed by atoms with E-state index < -0.39 is 10.9 Å². The zero-order valence-electron chi connectivity index (χ0n) is 11.7. The van der Waals surface area contributed by atoms with E-state index in [-0.39, 0.29) is 5.69 Å². The Morgan fingerprint density at radius 1 is 1.22 bits per heavy atom. The van der Waals surface area contributed by atoms with Crippen molar-refractivity contribution >= 4 is 28.8 Å². The van der Waals surface area contributed by atoms with Crippen molar-refractivity contribution < 1.29 is 18.9 Å². The normalized spacial score (nSPS) is 11.0. The van der Waals surface area contributed by atoms with E-state index in [9.17, 15) is 14.9 Å². The number of esters is 1. The number of nitrogens with zero attached hydrogens (tertiary/aromatic N) is 2. The van der Waals surface area contributed by atoms with Crippen LogP contribution in [0.15, 0.2) is 59.4 Å². The number of carbonyl (C=O) groups excluding carboxylic acids is 1. The minimum absolute atomic E-state index is 0.00867. The Kier molecular flexibility index (Phi) is 3.84. The third kappa shape index (κ3) is 3.41. The first-order chi connectivity index (χ1) is 11.1. The van der Waals surface area contributed by atoms with E-state index >= 15 is 0 Å². The molecule has 0 amide bonds. The lowest BCUT2D eigenvalue weighted by molar-refractivity contribution is -0.384. The predicted octanol–water partition coefficient (Wildman–Crippen LogP) is 3.35. The molecule has 3 aromatic rings. The van der Waals surface area contributed by atoms with Gasteiger partial charge in [0.1, 0.15) is 11.3 Å². The standard InChI is InChI=1S/C16H10N2O5/c19-16(8-3-11-1-4-12(5-2-11)18(20)21)23-13-6-7-15-14(9-13)17-10-22-15/h1-10H/b8-3+. The lowest BCUT2D eigenvalue weighted by atomic mass is 10.2. The van der Waals surface area contributed by atoms with Crippen LogP contribution in [0.3, 0.4) is 0 Å². The molecule has 0 bridgehead atoms. The van der Waals surface area contributed by atoms with Crippen LogP contribution in [0.1, 0.15) is 5.56 Å². The maximum absolute atomic E-state index is 11.8. The minimum Gasteiger partial charge on any atom is -0.443 e. The summed E-state index contributed by atoms with van der Waals surface area (Å²) in [5.41, 5.74) is 1.84. The highest BCUT2D eigenvalue weighted by Crippen LogP contribution is 2.20. The van der Waals surface area contributed by atoms with Crippen LogP contribution in [0.5, 0.6) is 5.75 Å². The second-order valence-electron chi connectivity index (χ2n) is 4.58. The summed E-state index contributed by atoms with van der Waals surface area (Å²) in [5.74, 6) is -0.212.